The molecule has 2 aromatic rings. The number of nitrogens with zero attached hydrogens (tertiary/aromatic N) is 4. The molecule has 2 fully saturated rings. The van der Waals surface area contributed by atoms with Crippen molar-refractivity contribution in [3.8, 4) is 17.6 Å². The number of amides is 2. The summed E-state index contributed by atoms with van der Waals surface area (Å²) < 4.78 is 16.2. The predicted molar refractivity (Wildman–Crippen MR) is 112 cm³/mol. The van der Waals surface area contributed by atoms with Crippen LogP contribution < -0.4 is 19.1 Å². The quantitative estimate of drug-likeness (QED) is 0.696. The topological polar surface area (TPSA) is 94.1 Å². The zero-order chi connectivity index (χ0) is 21.8. The van der Waals surface area contributed by atoms with Gasteiger partial charge in [-0.1, -0.05) is 6.07 Å². The first kappa shape index (κ1) is 20.9. The summed E-state index contributed by atoms with van der Waals surface area (Å²) in [6, 6.07) is 9.30. The van der Waals surface area contributed by atoms with Crippen molar-refractivity contribution in [1.82, 2.24) is 14.9 Å². The van der Waals surface area contributed by atoms with Gasteiger partial charge in [0, 0.05) is 62.9 Å². The van der Waals surface area contributed by atoms with Crippen molar-refractivity contribution in [2.75, 3.05) is 38.8 Å². The van der Waals surface area contributed by atoms with Gasteiger partial charge in [-0.15, -0.1) is 0 Å². The Morgan fingerprint density at radius 3 is 2.68 bits per heavy atom. The molecule has 1 aromatic carbocycles. The molecular formula is C22H26N4O5. The maximum absolute atomic E-state index is 13.0. The van der Waals surface area contributed by atoms with E-state index in [9.17, 15) is 9.59 Å². The molecule has 2 aliphatic heterocycles. The van der Waals surface area contributed by atoms with Crippen LogP contribution in [0.2, 0.25) is 0 Å². The minimum Gasteiger partial charge on any atom is -0.497 e. The van der Waals surface area contributed by atoms with E-state index in [0.717, 1.165) is 5.69 Å². The van der Waals surface area contributed by atoms with E-state index in [2.05, 4.69) is 9.97 Å². The van der Waals surface area contributed by atoms with Crippen LogP contribution in [-0.4, -0.2) is 66.6 Å². The lowest BCUT2D eigenvalue weighted by Gasteiger charge is -2.33. The van der Waals surface area contributed by atoms with Crippen LogP contribution in [0, 0.1) is 5.92 Å². The van der Waals surface area contributed by atoms with E-state index in [4.69, 9.17) is 14.2 Å². The molecule has 0 saturated carbocycles. The molecule has 0 bridgehead atoms. The molecule has 2 amide bonds. The molecule has 31 heavy (non-hydrogen) atoms. The van der Waals surface area contributed by atoms with Gasteiger partial charge in [0.2, 0.25) is 17.7 Å². The van der Waals surface area contributed by atoms with Gasteiger partial charge in [-0.25, -0.2) is 4.98 Å². The molecule has 0 N–H and O–H groups in total. The number of hydrogen-bond acceptors (Lipinski definition) is 7. The van der Waals surface area contributed by atoms with Gasteiger partial charge in [0.15, 0.2) is 0 Å². The molecule has 2 saturated heterocycles. The monoisotopic (exact) mass is 426 g/mol. The summed E-state index contributed by atoms with van der Waals surface area (Å²) in [5.74, 6) is 0.807. The third kappa shape index (κ3) is 4.70. The number of rotatable bonds is 6. The number of piperidine rings is 1. The summed E-state index contributed by atoms with van der Waals surface area (Å²) in [5.41, 5.74) is 0.757. The number of carbonyl (C=O) groups excluding carboxylic acids is 2. The van der Waals surface area contributed by atoms with Gasteiger partial charge in [-0.05, 0) is 12.1 Å². The molecular weight excluding hydrogens is 400 g/mol. The molecule has 9 heteroatoms. The average molecular weight is 426 g/mol. The van der Waals surface area contributed by atoms with Crippen molar-refractivity contribution in [1.29, 1.82) is 0 Å². The van der Waals surface area contributed by atoms with Crippen molar-refractivity contribution in [3.63, 3.8) is 0 Å². The fourth-order valence-corrected chi connectivity index (χ4v) is 4.01. The Kier molecular flexibility index (Phi) is 6.20. The summed E-state index contributed by atoms with van der Waals surface area (Å²) in [7, 11) is 3.10. The second kappa shape index (κ2) is 9.20. The van der Waals surface area contributed by atoms with E-state index in [0.29, 0.717) is 44.1 Å². The van der Waals surface area contributed by atoms with Gasteiger partial charge in [0.1, 0.15) is 11.9 Å². The van der Waals surface area contributed by atoms with E-state index in [1.165, 1.54) is 7.11 Å². The summed E-state index contributed by atoms with van der Waals surface area (Å²) in [6.45, 7) is 1.58. The number of methoxy groups -OCH3 is 2. The molecule has 164 valence electrons. The summed E-state index contributed by atoms with van der Waals surface area (Å²) in [5, 5.41) is 0. The molecule has 9 nitrogen and oxygen atoms in total. The maximum Gasteiger partial charge on any atom is 0.319 e. The first-order chi connectivity index (χ1) is 15.1. The maximum atomic E-state index is 13.0. The van der Waals surface area contributed by atoms with Crippen LogP contribution in [-0.2, 0) is 9.59 Å². The Balaban J connectivity index is 1.32. The second-order valence-corrected chi connectivity index (χ2v) is 7.63. The van der Waals surface area contributed by atoms with Crippen molar-refractivity contribution >= 4 is 17.5 Å². The highest BCUT2D eigenvalue weighted by atomic mass is 16.5. The highest BCUT2D eigenvalue weighted by Gasteiger charge is 2.38. The number of aromatic nitrogens is 2. The molecule has 4 rings (SSSR count). The molecule has 1 atom stereocenters. The lowest BCUT2D eigenvalue weighted by atomic mass is 10.0. The Morgan fingerprint density at radius 2 is 1.94 bits per heavy atom. The van der Waals surface area contributed by atoms with Gasteiger partial charge in [0.25, 0.3) is 0 Å². The third-order valence-electron chi connectivity index (χ3n) is 5.67. The predicted octanol–water partition coefficient (Wildman–Crippen LogP) is 1.92. The summed E-state index contributed by atoms with van der Waals surface area (Å²) >= 11 is 0. The largest absolute Gasteiger partial charge is 0.497 e. The molecule has 2 aliphatic rings. The fourth-order valence-electron chi connectivity index (χ4n) is 4.01. The minimum atomic E-state index is -0.331. The van der Waals surface area contributed by atoms with E-state index in [-0.39, 0.29) is 36.3 Å². The molecule has 3 heterocycles. The number of ether oxygens (including phenoxy) is 3. The number of likely N-dealkylation sites (tertiary alicyclic amines) is 1. The van der Waals surface area contributed by atoms with Crippen molar-refractivity contribution in [2.45, 2.75) is 25.4 Å². The number of carbonyl (C=O) groups is 2. The zero-order valence-corrected chi connectivity index (χ0v) is 17.7. The van der Waals surface area contributed by atoms with Crippen LogP contribution in [0.1, 0.15) is 19.3 Å². The fraction of sp³-hybridized carbons (Fsp3) is 0.455. The molecule has 1 aromatic heterocycles. The van der Waals surface area contributed by atoms with Gasteiger partial charge in [0.05, 0.1) is 20.1 Å². The number of anilines is 1. The van der Waals surface area contributed by atoms with Gasteiger partial charge in [-0.2, -0.15) is 4.98 Å². The van der Waals surface area contributed by atoms with Gasteiger partial charge >= 0.3 is 6.01 Å². The summed E-state index contributed by atoms with van der Waals surface area (Å²) in [6.07, 6.45) is 3.21. The molecule has 0 aliphatic carbocycles. The Morgan fingerprint density at radius 1 is 1.13 bits per heavy atom. The van der Waals surface area contributed by atoms with E-state index in [1.807, 2.05) is 29.2 Å². The van der Waals surface area contributed by atoms with Crippen molar-refractivity contribution < 1.29 is 23.8 Å². The SMILES string of the molecule is COc1cccc(N2CC(C(=O)N3CCC(Oc4ccnc(OC)n4)CC3)CC2=O)c1. The number of hydrogen-bond donors (Lipinski definition) is 0. The highest BCUT2D eigenvalue weighted by molar-refractivity contribution is 6.00. The van der Waals surface area contributed by atoms with Gasteiger partial charge < -0.3 is 24.0 Å². The van der Waals surface area contributed by atoms with Crippen LogP contribution in [0.5, 0.6) is 17.6 Å². The molecule has 1 unspecified atom stereocenters. The molecule has 0 radical (unpaired) electrons. The first-order valence-corrected chi connectivity index (χ1v) is 10.3. The molecule has 0 spiro atoms. The van der Waals surface area contributed by atoms with Gasteiger partial charge in [-0.3, -0.25) is 9.59 Å². The van der Waals surface area contributed by atoms with Crippen LogP contribution in [0.15, 0.2) is 36.5 Å². The average Bonchev–Trinajstić information content (AvgIpc) is 3.21. The van der Waals surface area contributed by atoms with E-state index in [1.54, 1.807) is 24.3 Å². The van der Waals surface area contributed by atoms with E-state index < -0.39 is 0 Å². The Labute approximate surface area is 180 Å². The van der Waals surface area contributed by atoms with Crippen molar-refractivity contribution in [2.24, 2.45) is 5.92 Å². The highest BCUT2D eigenvalue weighted by Crippen LogP contribution is 2.29. The zero-order valence-electron chi connectivity index (χ0n) is 17.7. The van der Waals surface area contributed by atoms with Crippen LogP contribution in [0.4, 0.5) is 5.69 Å². The summed E-state index contributed by atoms with van der Waals surface area (Å²) in [4.78, 5) is 37.2. The minimum absolute atomic E-state index is 0.0258. The lowest BCUT2D eigenvalue weighted by molar-refractivity contribution is -0.137. The number of benzene rings is 1. The Hall–Kier alpha value is -3.36. The Bertz CT molecular complexity index is 945. The van der Waals surface area contributed by atoms with Crippen LogP contribution in [0.3, 0.4) is 0 Å². The standard InChI is InChI=1S/C22H26N4O5/c1-29-18-5-3-4-16(13-18)26-14-15(12-20(26)27)21(28)25-10-7-17(8-11-25)31-19-6-9-23-22(24-19)30-2/h3-6,9,13,15,17H,7-8,10-12,14H2,1-2H3. The normalized spacial score (nSPS) is 19.4. The third-order valence-corrected chi connectivity index (χ3v) is 5.67. The van der Waals surface area contributed by atoms with E-state index >= 15 is 0 Å². The smallest absolute Gasteiger partial charge is 0.319 e. The van der Waals surface area contributed by atoms with Crippen molar-refractivity contribution in [3.05, 3.63) is 36.5 Å². The second-order valence-electron chi connectivity index (χ2n) is 7.63. The van der Waals surface area contributed by atoms with Crippen LogP contribution in [0.25, 0.3) is 0 Å². The first-order valence-electron chi connectivity index (χ1n) is 10.3. The van der Waals surface area contributed by atoms with Crippen LogP contribution >= 0.6 is 0 Å². The lowest BCUT2D eigenvalue weighted by Crippen LogP contribution is -2.45.